The van der Waals surface area contributed by atoms with Crippen LogP contribution in [0, 0.1) is 11.3 Å². The lowest BCUT2D eigenvalue weighted by Crippen LogP contribution is -2.08. The molecule has 1 N–H and O–H groups in total. The van der Waals surface area contributed by atoms with Crippen molar-refractivity contribution in [3.63, 3.8) is 0 Å². The van der Waals surface area contributed by atoms with Crippen LogP contribution in [-0.2, 0) is 6.18 Å². The number of benzene rings is 2. The van der Waals surface area contributed by atoms with E-state index in [4.69, 9.17) is 11.6 Å². The molecule has 0 aliphatic rings. The Labute approximate surface area is 162 Å². The minimum absolute atomic E-state index is 0.0233. The number of nitrogens with one attached hydrogen (secondary N) is 1. The number of aromatic nitrogens is 1. The van der Waals surface area contributed by atoms with Crippen molar-refractivity contribution in [1.29, 1.82) is 5.26 Å². The van der Waals surface area contributed by atoms with Crippen LogP contribution < -0.4 is 5.32 Å². The van der Waals surface area contributed by atoms with Crippen molar-refractivity contribution in [3.8, 4) is 17.3 Å². The Morgan fingerprint density at radius 2 is 1.93 bits per heavy atom. The average Bonchev–Trinajstić information content (AvgIpc) is 3.13. The van der Waals surface area contributed by atoms with Gasteiger partial charge in [0.25, 0.3) is 0 Å². The highest BCUT2D eigenvalue weighted by Gasteiger charge is 2.33. The van der Waals surface area contributed by atoms with Crippen LogP contribution in [0.4, 0.5) is 18.9 Å². The molecule has 0 amide bonds. The Balaban J connectivity index is 1.89. The summed E-state index contributed by atoms with van der Waals surface area (Å²) < 4.78 is 39.5. The monoisotopic (exact) mass is 405 g/mol. The summed E-state index contributed by atoms with van der Waals surface area (Å²) in [5, 5.41) is 14.1. The van der Waals surface area contributed by atoms with Gasteiger partial charge in [0.15, 0.2) is 0 Å². The number of rotatable bonds is 4. The van der Waals surface area contributed by atoms with E-state index in [0.717, 1.165) is 11.6 Å². The smallest absolute Gasteiger partial charge is 0.360 e. The molecule has 1 aromatic heterocycles. The number of hydrogen-bond donors (Lipinski definition) is 1. The molecule has 0 fully saturated rings. The van der Waals surface area contributed by atoms with Crippen LogP contribution in [0.2, 0.25) is 5.02 Å². The summed E-state index contributed by atoms with van der Waals surface area (Å²) in [6, 6.07) is 14.7. The molecule has 0 bridgehead atoms. The standard InChI is InChI=1S/C19H11ClF3N3S/c20-14-6-7-16(15(8-14)19(21,22)23)25-10-13(9-24)18-26-17(11-27-18)12-4-2-1-3-5-12/h1-8,10-11,25H/b13-10-. The number of alkyl halides is 3. The number of allylic oxidation sites excluding steroid dienone is 1. The second-order valence-electron chi connectivity index (χ2n) is 5.41. The van der Waals surface area contributed by atoms with Crippen molar-refractivity contribution >= 4 is 34.2 Å². The Kier molecular flexibility index (Phi) is 5.49. The van der Waals surface area contributed by atoms with Crippen molar-refractivity contribution in [2.75, 3.05) is 5.32 Å². The SMILES string of the molecule is N#C/C(=C/Nc1ccc(Cl)cc1C(F)(F)F)c1nc(-c2ccccc2)cs1. The van der Waals surface area contributed by atoms with E-state index in [1.54, 1.807) is 5.38 Å². The summed E-state index contributed by atoms with van der Waals surface area (Å²) in [4.78, 5) is 4.39. The first-order valence-corrected chi connectivity index (χ1v) is 8.89. The molecule has 0 saturated carbocycles. The van der Waals surface area contributed by atoms with Crippen molar-refractivity contribution in [1.82, 2.24) is 4.98 Å². The van der Waals surface area contributed by atoms with E-state index in [-0.39, 0.29) is 16.3 Å². The van der Waals surface area contributed by atoms with Crippen LogP contribution in [-0.4, -0.2) is 4.98 Å². The van der Waals surface area contributed by atoms with E-state index in [1.807, 2.05) is 36.4 Å². The fraction of sp³-hybridized carbons (Fsp3) is 0.0526. The molecule has 0 radical (unpaired) electrons. The zero-order valence-electron chi connectivity index (χ0n) is 13.6. The second kappa shape index (κ2) is 7.82. The van der Waals surface area contributed by atoms with Crippen molar-refractivity contribution in [2.24, 2.45) is 0 Å². The van der Waals surface area contributed by atoms with E-state index in [0.29, 0.717) is 10.7 Å². The van der Waals surface area contributed by atoms with Crippen molar-refractivity contribution in [2.45, 2.75) is 6.18 Å². The van der Waals surface area contributed by atoms with Crippen molar-refractivity contribution in [3.05, 3.63) is 75.7 Å². The van der Waals surface area contributed by atoms with Gasteiger partial charge < -0.3 is 5.32 Å². The van der Waals surface area contributed by atoms with Crippen molar-refractivity contribution < 1.29 is 13.2 Å². The van der Waals surface area contributed by atoms with Gasteiger partial charge in [0.05, 0.1) is 16.9 Å². The second-order valence-corrected chi connectivity index (χ2v) is 6.70. The summed E-state index contributed by atoms with van der Waals surface area (Å²) >= 11 is 6.91. The average molecular weight is 406 g/mol. The van der Waals surface area contributed by atoms with Crippen LogP contribution in [0.3, 0.4) is 0 Å². The van der Waals surface area contributed by atoms with Gasteiger partial charge in [-0.05, 0) is 18.2 Å². The largest absolute Gasteiger partial charge is 0.418 e. The number of anilines is 1. The molecule has 8 heteroatoms. The maximum atomic E-state index is 13.2. The van der Waals surface area contributed by atoms with E-state index in [1.165, 1.54) is 29.7 Å². The highest BCUT2D eigenvalue weighted by atomic mass is 35.5. The summed E-state index contributed by atoms with van der Waals surface area (Å²) in [6.07, 6.45) is -3.36. The van der Waals surface area contributed by atoms with Gasteiger partial charge in [0, 0.05) is 22.2 Å². The number of nitrogens with zero attached hydrogens (tertiary/aromatic N) is 2. The fourth-order valence-electron chi connectivity index (χ4n) is 2.31. The van der Waals surface area contributed by atoms with Crippen LogP contribution in [0.1, 0.15) is 10.6 Å². The molecular formula is C19H11ClF3N3S. The molecule has 1 heterocycles. The molecule has 2 aromatic carbocycles. The van der Waals surface area contributed by atoms with Gasteiger partial charge in [-0.1, -0.05) is 41.9 Å². The lowest BCUT2D eigenvalue weighted by atomic mass is 10.1. The molecule has 3 nitrogen and oxygen atoms in total. The third kappa shape index (κ3) is 4.48. The van der Waals surface area contributed by atoms with Gasteiger partial charge in [0.1, 0.15) is 16.6 Å². The molecular weight excluding hydrogens is 395 g/mol. The van der Waals surface area contributed by atoms with Crippen LogP contribution in [0.15, 0.2) is 60.1 Å². The summed E-state index contributed by atoms with van der Waals surface area (Å²) in [5.41, 5.74) is 0.610. The van der Waals surface area contributed by atoms with Crippen LogP contribution >= 0.6 is 22.9 Å². The maximum Gasteiger partial charge on any atom is 0.418 e. The van der Waals surface area contributed by atoms with E-state index in [9.17, 15) is 18.4 Å². The van der Waals surface area contributed by atoms with Gasteiger partial charge in [-0.15, -0.1) is 11.3 Å². The van der Waals surface area contributed by atoms with Crippen LogP contribution in [0.25, 0.3) is 16.8 Å². The lowest BCUT2D eigenvalue weighted by molar-refractivity contribution is -0.136. The zero-order chi connectivity index (χ0) is 19.4. The number of hydrogen-bond acceptors (Lipinski definition) is 4. The molecule has 27 heavy (non-hydrogen) atoms. The van der Waals surface area contributed by atoms with Gasteiger partial charge in [-0.25, -0.2) is 4.98 Å². The third-order valence-corrected chi connectivity index (χ3v) is 4.69. The predicted octanol–water partition coefficient (Wildman–Crippen LogP) is 6.46. The Morgan fingerprint density at radius 3 is 2.59 bits per heavy atom. The molecule has 0 unspecified atom stereocenters. The molecule has 0 saturated heterocycles. The van der Waals surface area contributed by atoms with Gasteiger partial charge in [-0.2, -0.15) is 18.4 Å². The molecule has 0 aliphatic carbocycles. The van der Waals surface area contributed by atoms with Gasteiger partial charge >= 0.3 is 6.18 Å². The van der Waals surface area contributed by atoms with Crippen LogP contribution in [0.5, 0.6) is 0 Å². The minimum Gasteiger partial charge on any atom is -0.360 e. The molecule has 3 rings (SSSR count). The van der Waals surface area contributed by atoms with E-state index >= 15 is 0 Å². The van der Waals surface area contributed by atoms with Gasteiger partial charge in [-0.3, -0.25) is 0 Å². The zero-order valence-corrected chi connectivity index (χ0v) is 15.2. The minimum atomic E-state index is -4.57. The molecule has 136 valence electrons. The topological polar surface area (TPSA) is 48.7 Å². The highest BCUT2D eigenvalue weighted by molar-refractivity contribution is 7.11. The lowest BCUT2D eigenvalue weighted by Gasteiger charge is -2.13. The Hall–Kier alpha value is -2.82. The summed E-state index contributed by atoms with van der Waals surface area (Å²) in [7, 11) is 0. The molecule has 0 atom stereocenters. The Morgan fingerprint density at radius 1 is 1.19 bits per heavy atom. The molecule has 0 spiro atoms. The predicted molar refractivity (Wildman–Crippen MR) is 101 cm³/mol. The first-order valence-electron chi connectivity index (χ1n) is 7.63. The molecule has 3 aromatic rings. The van der Waals surface area contributed by atoms with E-state index < -0.39 is 11.7 Å². The summed E-state index contributed by atoms with van der Waals surface area (Å²) in [5.74, 6) is 0. The molecule has 0 aliphatic heterocycles. The number of thiazole rings is 1. The third-order valence-electron chi connectivity index (χ3n) is 3.58. The normalized spacial score (nSPS) is 11.9. The number of nitriles is 1. The highest BCUT2D eigenvalue weighted by Crippen LogP contribution is 2.36. The summed E-state index contributed by atoms with van der Waals surface area (Å²) in [6.45, 7) is 0. The maximum absolute atomic E-state index is 13.2. The van der Waals surface area contributed by atoms with Gasteiger partial charge in [0.2, 0.25) is 0 Å². The van der Waals surface area contributed by atoms with E-state index in [2.05, 4.69) is 10.3 Å². The first kappa shape index (κ1) is 19.0. The quantitative estimate of drug-likeness (QED) is 0.507. The number of halogens is 4. The Bertz CT molecular complexity index is 1020. The fourth-order valence-corrected chi connectivity index (χ4v) is 3.27. The first-order chi connectivity index (χ1) is 12.9.